The molecule has 1 N–H and O–H groups in total. The molecule has 5 heteroatoms. The molecule has 0 spiro atoms. The van der Waals surface area contributed by atoms with Crippen LogP contribution in [-0.2, 0) is 11.8 Å². The van der Waals surface area contributed by atoms with Gasteiger partial charge in [0.05, 0.1) is 12.2 Å². The van der Waals surface area contributed by atoms with Crippen molar-refractivity contribution in [1.82, 2.24) is 14.7 Å². The number of nitrogens with zero attached hydrogens (tertiary/aromatic N) is 3. The van der Waals surface area contributed by atoms with E-state index in [0.29, 0.717) is 6.04 Å². The van der Waals surface area contributed by atoms with Crippen molar-refractivity contribution in [3.05, 3.63) is 17.0 Å². The standard InChI is InChI=1S/C13H21N3O2/c1-8-13(9(2)15(4)14-8)10(3)16(7-12(17)18)11-5-6-11/h10-11H,5-7H2,1-4H3,(H,17,18). The van der Waals surface area contributed by atoms with Crippen LogP contribution in [0.4, 0.5) is 0 Å². The van der Waals surface area contributed by atoms with E-state index in [1.807, 2.05) is 25.6 Å². The average Bonchev–Trinajstić information content (AvgIpc) is 3.05. The molecule has 0 bridgehead atoms. The van der Waals surface area contributed by atoms with Crippen LogP contribution >= 0.6 is 0 Å². The molecule has 1 aromatic rings. The zero-order valence-electron chi connectivity index (χ0n) is 11.5. The van der Waals surface area contributed by atoms with Crippen molar-refractivity contribution in [2.45, 2.75) is 45.7 Å². The second-order valence-electron chi connectivity index (χ2n) is 5.18. The molecule has 18 heavy (non-hydrogen) atoms. The van der Waals surface area contributed by atoms with Gasteiger partial charge < -0.3 is 5.11 Å². The molecule has 1 aliphatic carbocycles. The van der Waals surface area contributed by atoms with Gasteiger partial charge in [-0.1, -0.05) is 0 Å². The lowest BCUT2D eigenvalue weighted by molar-refractivity contribution is -0.139. The van der Waals surface area contributed by atoms with Gasteiger partial charge in [0, 0.05) is 30.4 Å². The fraction of sp³-hybridized carbons (Fsp3) is 0.692. The molecular formula is C13H21N3O2. The zero-order chi connectivity index (χ0) is 13.4. The van der Waals surface area contributed by atoms with Gasteiger partial charge in [0.2, 0.25) is 0 Å². The van der Waals surface area contributed by atoms with E-state index in [2.05, 4.69) is 16.9 Å². The molecule has 1 atom stereocenters. The minimum absolute atomic E-state index is 0.111. The van der Waals surface area contributed by atoms with Crippen molar-refractivity contribution >= 4 is 5.97 Å². The normalized spacial score (nSPS) is 17.2. The van der Waals surface area contributed by atoms with Gasteiger partial charge in [-0.15, -0.1) is 0 Å². The largest absolute Gasteiger partial charge is 0.480 e. The maximum atomic E-state index is 11.0. The average molecular weight is 251 g/mol. The molecule has 100 valence electrons. The van der Waals surface area contributed by atoms with Crippen LogP contribution in [0.1, 0.15) is 42.8 Å². The summed E-state index contributed by atoms with van der Waals surface area (Å²) >= 11 is 0. The van der Waals surface area contributed by atoms with Crippen molar-refractivity contribution in [1.29, 1.82) is 0 Å². The summed E-state index contributed by atoms with van der Waals surface area (Å²) in [7, 11) is 1.93. The SMILES string of the molecule is Cc1nn(C)c(C)c1C(C)N(CC(=O)O)C1CC1. The van der Waals surface area contributed by atoms with Gasteiger partial charge in [-0.25, -0.2) is 0 Å². The first kappa shape index (κ1) is 13.1. The molecule has 0 amide bonds. The Morgan fingerprint density at radius 1 is 1.56 bits per heavy atom. The topological polar surface area (TPSA) is 58.4 Å². The molecule has 2 rings (SSSR count). The molecule has 1 aromatic heterocycles. The monoisotopic (exact) mass is 251 g/mol. The van der Waals surface area contributed by atoms with Crippen LogP contribution in [-0.4, -0.2) is 38.3 Å². The predicted molar refractivity (Wildman–Crippen MR) is 68.5 cm³/mol. The number of aromatic nitrogens is 2. The number of aliphatic carboxylic acids is 1. The Balaban J connectivity index is 2.27. The van der Waals surface area contributed by atoms with E-state index < -0.39 is 5.97 Å². The number of carboxylic acids is 1. The van der Waals surface area contributed by atoms with E-state index in [0.717, 1.165) is 24.2 Å². The first-order valence-electron chi connectivity index (χ1n) is 6.39. The van der Waals surface area contributed by atoms with Crippen molar-refractivity contribution in [3.63, 3.8) is 0 Å². The molecule has 1 saturated carbocycles. The van der Waals surface area contributed by atoms with E-state index in [1.54, 1.807) is 0 Å². The number of carbonyl (C=O) groups is 1. The lowest BCUT2D eigenvalue weighted by atomic mass is 10.0. The Kier molecular flexibility index (Phi) is 3.43. The Labute approximate surface area is 107 Å². The van der Waals surface area contributed by atoms with Crippen LogP contribution in [0.2, 0.25) is 0 Å². The molecule has 1 heterocycles. The smallest absolute Gasteiger partial charge is 0.317 e. The van der Waals surface area contributed by atoms with Gasteiger partial charge in [0.25, 0.3) is 0 Å². The van der Waals surface area contributed by atoms with Gasteiger partial charge in [-0.05, 0) is 33.6 Å². The lowest BCUT2D eigenvalue weighted by Gasteiger charge is -2.28. The first-order chi connectivity index (χ1) is 8.41. The van der Waals surface area contributed by atoms with Crippen molar-refractivity contribution in [2.75, 3.05) is 6.54 Å². The van der Waals surface area contributed by atoms with E-state index >= 15 is 0 Å². The molecule has 1 aliphatic rings. The third-order valence-corrected chi connectivity index (χ3v) is 3.81. The summed E-state index contributed by atoms with van der Waals surface area (Å²) in [6.45, 7) is 6.22. The predicted octanol–water partition coefficient (Wildman–Crippen LogP) is 1.65. The number of aryl methyl sites for hydroxylation is 2. The van der Waals surface area contributed by atoms with Crippen molar-refractivity contribution < 1.29 is 9.90 Å². The molecule has 0 saturated heterocycles. The molecule has 0 radical (unpaired) electrons. The molecular weight excluding hydrogens is 230 g/mol. The highest BCUT2D eigenvalue weighted by Gasteiger charge is 2.35. The summed E-state index contributed by atoms with van der Waals surface area (Å²) in [5, 5.41) is 13.5. The van der Waals surface area contributed by atoms with Crippen LogP contribution in [0.3, 0.4) is 0 Å². The Morgan fingerprint density at radius 3 is 2.56 bits per heavy atom. The number of carboxylic acid groups (broad SMARTS) is 1. The summed E-state index contributed by atoms with van der Waals surface area (Å²) < 4.78 is 1.87. The van der Waals surface area contributed by atoms with Crippen LogP contribution in [0, 0.1) is 13.8 Å². The minimum Gasteiger partial charge on any atom is -0.480 e. The number of hydrogen-bond donors (Lipinski definition) is 1. The fourth-order valence-corrected chi connectivity index (χ4v) is 2.71. The van der Waals surface area contributed by atoms with Gasteiger partial charge in [0.1, 0.15) is 0 Å². The Morgan fingerprint density at radius 2 is 2.17 bits per heavy atom. The highest BCUT2D eigenvalue weighted by atomic mass is 16.4. The maximum Gasteiger partial charge on any atom is 0.317 e. The molecule has 1 unspecified atom stereocenters. The summed E-state index contributed by atoms with van der Waals surface area (Å²) in [6.07, 6.45) is 2.21. The van der Waals surface area contributed by atoms with Crippen LogP contribution in [0.25, 0.3) is 0 Å². The fourth-order valence-electron chi connectivity index (χ4n) is 2.71. The molecule has 1 fully saturated rings. The quantitative estimate of drug-likeness (QED) is 0.864. The lowest BCUT2D eigenvalue weighted by Crippen LogP contribution is -2.34. The highest BCUT2D eigenvalue weighted by molar-refractivity contribution is 5.69. The van der Waals surface area contributed by atoms with Gasteiger partial charge in [-0.2, -0.15) is 5.10 Å². The second kappa shape index (κ2) is 4.72. The van der Waals surface area contributed by atoms with E-state index in [9.17, 15) is 4.79 Å². The number of rotatable bonds is 5. The van der Waals surface area contributed by atoms with Crippen molar-refractivity contribution in [2.24, 2.45) is 7.05 Å². The molecule has 5 nitrogen and oxygen atoms in total. The summed E-state index contributed by atoms with van der Waals surface area (Å²) in [4.78, 5) is 13.1. The second-order valence-corrected chi connectivity index (χ2v) is 5.18. The van der Waals surface area contributed by atoms with E-state index in [4.69, 9.17) is 5.11 Å². The van der Waals surface area contributed by atoms with E-state index in [-0.39, 0.29) is 12.6 Å². The third kappa shape index (κ3) is 2.41. The summed E-state index contributed by atoms with van der Waals surface area (Å²) in [5.74, 6) is -0.757. The highest BCUT2D eigenvalue weighted by Crippen LogP contribution is 2.35. The number of hydrogen-bond acceptors (Lipinski definition) is 3. The molecule has 0 aliphatic heterocycles. The third-order valence-electron chi connectivity index (χ3n) is 3.81. The Hall–Kier alpha value is -1.36. The van der Waals surface area contributed by atoms with Crippen molar-refractivity contribution in [3.8, 4) is 0 Å². The van der Waals surface area contributed by atoms with Crippen LogP contribution < -0.4 is 0 Å². The summed E-state index contributed by atoms with van der Waals surface area (Å²) in [5.41, 5.74) is 3.29. The maximum absolute atomic E-state index is 11.0. The molecule has 0 aromatic carbocycles. The van der Waals surface area contributed by atoms with Crippen LogP contribution in [0.15, 0.2) is 0 Å². The van der Waals surface area contributed by atoms with Crippen LogP contribution in [0.5, 0.6) is 0 Å². The van der Waals surface area contributed by atoms with Gasteiger partial charge in [-0.3, -0.25) is 14.4 Å². The Bertz CT molecular complexity index is 463. The minimum atomic E-state index is -0.757. The van der Waals surface area contributed by atoms with Gasteiger partial charge >= 0.3 is 5.97 Å². The summed E-state index contributed by atoms with van der Waals surface area (Å²) in [6, 6.07) is 0.539. The zero-order valence-corrected chi connectivity index (χ0v) is 11.5. The van der Waals surface area contributed by atoms with Gasteiger partial charge in [0.15, 0.2) is 0 Å². The first-order valence-corrected chi connectivity index (χ1v) is 6.39. The van der Waals surface area contributed by atoms with E-state index in [1.165, 1.54) is 5.56 Å².